The minimum absolute atomic E-state index is 0.148. The Morgan fingerprint density at radius 3 is 1.82 bits per heavy atom. The molecular weight excluding hydrogens is 627 g/mol. The predicted molar refractivity (Wildman–Crippen MR) is 209 cm³/mol. The van der Waals surface area contributed by atoms with Crippen LogP contribution in [0.2, 0.25) is 0 Å². The molecule has 6 nitrogen and oxygen atoms in total. The first-order valence-corrected chi connectivity index (χ1v) is 17.4. The van der Waals surface area contributed by atoms with Gasteiger partial charge in [-0.25, -0.2) is 4.99 Å². The quantitative estimate of drug-likeness (QED) is 0.199. The van der Waals surface area contributed by atoms with E-state index in [1.807, 2.05) is 18.2 Å². The average Bonchev–Trinajstić information content (AvgIpc) is 3.83. The molecule has 1 aliphatic heterocycles. The zero-order chi connectivity index (χ0) is 33.5. The van der Waals surface area contributed by atoms with Crippen LogP contribution in [0.5, 0.6) is 0 Å². The minimum Gasteiger partial charge on any atom is -0.456 e. The van der Waals surface area contributed by atoms with E-state index in [1.54, 1.807) is 0 Å². The van der Waals surface area contributed by atoms with Crippen molar-refractivity contribution < 1.29 is 4.42 Å². The molecule has 2 unspecified atom stereocenters. The van der Waals surface area contributed by atoms with Crippen LogP contribution in [-0.4, -0.2) is 15.1 Å². The van der Waals surface area contributed by atoms with Gasteiger partial charge in [0.25, 0.3) is 0 Å². The molecule has 242 valence electrons. The Morgan fingerprint density at radius 1 is 0.451 bits per heavy atom. The molecule has 0 saturated heterocycles. The Balaban J connectivity index is 1.22. The molecule has 6 heteroatoms. The van der Waals surface area contributed by atoms with Gasteiger partial charge in [-0.1, -0.05) is 115 Å². The minimum atomic E-state index is -0.242. The molecule has 2 atom stereocenters. The first kappa shape index (κ1) is 28.2. The third kappa shape index (κ3) is 4.30. The Kier molecular flexibility index (Phi) is 6.05. The van der Waals surface area contributed by atoms with Crippen molar-refractivity contribution in [2.45, 2.75) is 12.3 Å². The molecule has 51 heavy (non-hydrogen) atoms. The number of furan rings is 1. The highest BCUT2D eigenvalue weighted by molar-refractivity contribution is 6.23. The van der Waals surface area contributed by atoms with Gasteiger partial charge in [0.05, 0.1) is 22.1 Å². The number of fused-ring (bicyclic) bond motifs is 9. The van der Waals surface area contributed by atoms with E-state index >= 15 is 0 Å². The topological polar surface area (TPSA) is 59.4 Å². The monoisotopic (exact) mass is 657 g/mol. The summed E-state index contributed by atoms with van der Waals surface area (Å²) in [5.74, 6) is 0.799. The van der Waals surface area contributed by atoms with Crippen LogP contribution in [-0.2, 0) is 0 Å². The van der Waals surface area contributed by atoms with Gasteiger partial charge in [-0.3, -0.25) is 9.88 Å². The van der Waals surface area contributed by atoms with Crippen molar-refractivity contribution >= 4 is 71.5 Å². The summed E-state index contributed by atoms with van der Waals surface area (Å²) in [6, 6.07) is 57.8. The normalized spacial score (nSPS) is 16.4. The number of benzene rings is 7. The highest BCUT2D eigenvalue weighted by Gasteiger charge is 2.28. The first-order chi connectivity index (χ1) is 25.3. The van der Waals surface area contributed by atoms with Gasteiger partial charge in [-0.05, 0) is 53.6 Å². The Morgan fingerprint density at radius 2 is 1.04 bits per heavy atom. The number of aliphatic imine (C=N–C) groups is 1. The maximum absolute atomic E-state index is 6.41. The van der Waals surface area contributed by atoms with E-state index in [0.717, 1.165) is 66.8 Å². The average molecular weight is 658 g/mol. The fraction of sp³-hybridized carbons (Fsp3) is 0.0444. The largest absolute Gasteiger partial charge is 0.456 e. The SMILES string of the molecule is c1ccc(C2N=C(n3c4ccccc4c4cc5c6cc7c(cc6n(-c6ccccc6)c5cc43)oc3ccccc37)NC(c3ccccc3)N2)cc1. The molecule has 0 bridgehead atoms. The van der Waals surface area contributed by atoms with E-state index in [4.69, 9.17) is 9.41 Å². The summed E-state index contributed by atoms with van der Waals surface area (Å²) in [7, 11) is 0. The number of hydrogen-bond acceptors (Lipinski definition) is 4. The smallest absolute Gasteiger partial charge is 0.206 e. The van der Waals surface area contributed by atoms with Crippen molar-refractivity contribution in [2.75, 3.05) is 0 Å². The molecule has 0 fully saturated rings. The second kappa shape index (κ2) is 10.9. The van der Waals surface area contributed by atoms with Crippen molar-refractivity contribution in [3.63, 3.8) is 0 Å². The fourth-order valence-corrected chi connectivity index (χ4v) is 8.06. The van der Waals surface area contributed by atoms with Crippen LogP contribution in [0, 0.1) is 0 Å². The van der Waals surface area contributed by atoms with Crippen LogP contribution in [0.15, 0.2) is 173 Å². The molecule has 10 aromatic rings. The summed E-state index contributed by atoms with van der Waals surface area (Å²) in [4.78, 5) is 5.37. The zero-order valence-corrected chi connectivity index (χ0v) is 27.5. The van der Waals surface area contributed by atoms with E-state index in [0.29, 0.717) is 0 Å². The number of hydrogen-bond donors (Lipinski definition) is 2. The lowest BCUT2D eigenvalue weighted by atomic mass is 10.1. The fourth-order valence-electron chi connectivity index (χ4n) is 8.06. The van der Waals surface area contributed by atoms with Gasteiger partial charge in [0.15, 0.2) is 0 Å². The number of rotatable bonds is 3. The van der Waals surface area contributed by atoms with Crippen LogP contribution in [0.1, 0.15) is 23.5 Å². The van der Waals surface area contributed by atoms with Gasteiger partial charge in [-0.15, -0.1) is 0 Å². The number of nitrogens with zero attached hydrogens (tertiary/aromatic N) is 3. The second-order valence-corrected chi connectivity index (χ2v) is 13.3. The molecule has 3 aromatic heterocycles. The Hall–Kier alpha value is -6.63. The van der Waals surface area contributed by atoms with Crippen molar-refractivity contribution in [3.05, 3.63) is 175 Å². The molecule has 0 saturated carbocycles. The lowest BCUT2D eigenvalue weighted by Crippen LogP contribution is -2.47. The molecule has 0 aliphatic carbocycles. The summed E-state index contributed by atoms with van der Waals surface area (Å²) < 4.78 is 11.1. The molecule has 0 spiro atoms. The molecule has 0 amide bonds. The van der Waals surface area contributed by atoms with E-state index in [9.17, 15) is 0 Å². The summed E-state index contributed by atoms with van der Waals surface area (Å²) in [5.41, 5.74) is 9.57. The van der Waals surface area contributed by atoms with Crippen molar-refractivity contribution in [1.82, 2.24) is 19.8 Å². The zero-order valence-electron chi connectivity index (χ0n) is 27.5. The van der Waals surface area contributed by atoms with Gasteiger partial charge >= 0.3 is 0 Å². The first-order valence-electron chi connectivity index (χ1n) is 17.4. The lowest BCUT2D eigenvalue weighted by Gasteiger charge is -2.32. The van der Waals surface area contributed by atoms with Crippen LogP contribution in [0.3, 0.4) is 0 Å². The lowest BCUT2D eigenvalue weighted by molar-refractivity contribution is 0.403. The van der Waals surface area contributed by atoms with Crippen LogP contribution >= 0.6 is 0 Å². The van der Waals surface area contributed by atoms with Crippen molar-refractivity contribution in [2.24, 2.45) is 4.99 Å². The third-order valence-corrected chi connectivity index (χ3v) is 10.4. The van der Waals surface area contributed by atoms with E-state index < -0.39 is 0 Å². The van der Waals surface area contributed by atoms with Gasteiger partial charge in [0.2, 0.25) is 5.96 Å². The highest BCUT2D eigenvalue weighted by atomic mass is 16.3. The van der Waals surface area contributed by atoms with Crippen LogP contribution in [0.4, 0.5) is 0 Å². The molecule has 2 N–H and O–H groups in total. The summed E-state index contributed by atoms with van der Waals surface area (Å²) >= 11 is 0. The second-order valence-electron chi connectivity index (χ2n) is 13.3. The maximum atomic E-state index is 6.41. The van der Waals surface area contributed by atoms with Crippen LogP contribution < -0.4 is 10.6 Å². The maximum Gasteiger partial charge on any atom is 0.206 e. The number of para-hydroxylation sites is 3. The Bertz CT molecular complexity index is 2970. The van der Waals surface area contributed by atoms with E-state index in [1.165, 1.54) is 21.5 Å². The summed E-state index contributed by atoms with van der Waals surface area (Å²) in [6.45, 7) is 0. The van der Waals surface area contributed by atoms with Gasteiger partial charge in [-0.2, -0.15) is 0 Å². The van der Waals surface area contributed by atoms with Gasteiger partial charge in [0.1, 0.15) is 23.5 Å². The molecule has 7 aromatic carbocycles. The third-order valence-electron chi connectivity index (χ3n) is 10.4. The molecule has 0 radical (unpaired) electrons. The predicted octanol–water partition coefficient (Wildman–Crippen LogP) is 10.6. The standard InChI is InChI=1S/C45H31N5O/c1-4-14-28(15-5-1)43-46-44(29-16-6-2-7-17-29)48-45(47-43)50-37-22-12-10-20-31(37)33-24-34-35-25-36-32-21-11-13-23-41(32)51-42(36)27-40(35)49(38(34)26-39(33)50)30-18-8-3-9-19-30/h1-27,43-44,46H,(H,47,48). The molecular formula is C45H31N5O. The highest BCUT2D eigenvalue weighted by Crippen LogP contribution is 2.41. The number of nitrogens with one attached hydrogen (secondary N) is 2. The van der Waals surface area contributed by atoms with E-state index in [2.05, 4.69) is 165 Å². The van der Waals surface area contributed by atoms with Crippen LogP contribution in [0.25, 0.3) is 71.2 Å². The molecule has 11 rings (SSSR count). The summed E-state index contributed by atoms with van der Waals surface area (Å²) in [6.07, 6.45) is -0.390. The molecule has 1 aliphatic rings. The summed E-state index contributed by atoms with van der Waals surface area (Å²) in [5, 5.41) is 14.5. The van der Waals surface area contributed by atoms with E-state index in [-0.39, 0.29) is 12.3 Å². The van der Waals surface area contributed by atoms with Gasteiger partial charge in [0, 0.05) is 44.1 Å². The number of aromatic nitrogens is 2. The molecule has 4 heterocycles. The van der Waals surface area contributed by atoms with Gasteiger partial charge < -0.3 is 14.3 Å². The van der Waals surface area contributed by atoms with Crippen molar-refractivity contribution in [1.29, 1.82) is 0 Å². The Labute approximate surface area is 292 Å². The van der Waals surface area contributed by atoms with Crippen molar-refractivity contribution in [3.8, 4) is 5.69 Å².